The standard InChI is InChI=1S/C18H15ClO2/c1-10-7-11(2)16(12(3)8-10)17(20)15-9-13-5-4-6-14(19)18(13)21-15/h4-9H,1-3H3. The van der Waals surface area contributed by atoms with Gasteiger partial charge in [0, 0.05) is 10.9 Å². The largest absolute Gasteiger partial charge is 0.451 e. The van der Waals surface area contributed by atoms with Gasteiger partial charge in [0.2, 0.25) is 5.78 Å². The highest BCUT2D eigenvalue weighted by Crippen LogP contribution is 2.29. The molecule has 1 heterocycles. The molecular formula is C18H15ClO2. The van der Waals surface area contributed by atoms with Crippen LogP contribution in [0.15, 0.2) is 40.8 Å². The predicted molar refractivity (Wildman–Crippen MR) is 85.3 cm³/mol. The van der Waals surface area contributed by atoms with Crippen molar-refractivity contribution in [3.05, 3.63) is 69.4 Å². The van der Waals surface area contributed by atoms with Crippen LogP contribution >= 0.6 is 11.6 Å². The molecule has 0 saturated carbocycles. The van der Waals surface area contributed by atoms with Gasteiger partial charge in [0.1, 0.15) is 0 Å². The third kappa shape index (κ3) is 2.36. The molecule has 3 heteroatoms. The Morgan fingerprint density at radius 1 is 1.05 bits per heavy atom. The zero-order chi connectivity index (χ0) is 15.1. The van der Waals surface area contributed by atoms with Crippen molar-refractivity contribution in [2.24, 2.45) is 0 Å². The van der Waals surface area contributed by atoms with Gasteiger partial charge in [-0.1, -0.05) is 41.4 Å². The Labute approximate surface area is 128 Å². The number of para-hydroxylation sites is 1. The van der Waals surface area contributed by atoms with Gasteiger partial charge in [-0.2, -0.15) is 0 Å². The molecule has 3 aromatic rings. The zero-order valence-corrected chi connectivity index (χ0v) is 12.9. The molecule has 0 aliphatic rings. The van der Waals surface area contributed by atoms with Crippen molar-refractivity contribution in [3.63, 3.8) is 0 Å². The van der Waals surface area contributed by atoms with Crippen molar-refractivity contribution >= 4 is 28.4 Å². The van der Waals surface area contributed by atoms with E-state index in [4.69, 9.17) is 16.0 Å². The quantitative estimate of drug-likeness (QED) is 0.605. The number of ketones is 1. The first-order valence-corrected chi connectivity index (χ1v) is 7.16. The first kappa shape index (κ1) is 13.9. The van der Waals surface area contributed by atoms with Crippen LogP contribution in [0.5, 0.6) is 0 Å². The Hall–Kier alpha value is -2.06. The molecule has 0 saturated heterocycles. The molecule has 21 heavy (non-hydrogen) atoms. The van der Waals surface area contributed by atoms with Crippen LogP contribution < -0.4 is 0 Å². The summed E-state index contributed by atoms with van der Waals surface area (Å²) in [6.07, 6.45) is 0. The second-order valence-corrected chi connectivity index (χ2v) is 5.78. The normalized spacial score (nSPS) is 11.0. The van der Waals surface area contributed by atoms with Gasteiger partial charge in [-0.15, -0.1) is 0 Å². The fourth-order valence-electron chi connectivity index (χ4n) is 2.80. The minimum Gasteiger partial charge on any atom is -0.451 e. The lowest BCUT2D eigenvalue weighted by molar-refractivity contribution is 0.101. The van der Waals surface area contributed by atoms with Crippen molar-refractivity contribution in [2.45, 2.75) is 20.8 Å². The lowest BCUT2D eigenvalue weighted by atomic mass is 9.95. The number of hydrogen-bond donors (Lipinski definition) is 0. The van der Waals surface area contributed by atoms with E-state index in [1.54, 1.807) is 12.1 Å². The van der Waals surface area contributed by atoms with E-state index in [-0.39, 0.29) is 5.78 Å². The molecule has 0 unspecified atom stereocenters. The smallest absolute Gasteiger partial charge is 0.228 e. The average molecular weight is 299 g/mol. The molecular weight excluding hydrogens is 284 g/mol. The molecule has 0 bridgehead atoms. The van der Waals surface area contributed by atoms with Crippen molar-refractivity contribution in [3.8, 4) is 0 Å². The van der Waals surface area contributed by atoms with Gasteiger partial charge in [-0.05, 0) is 44.0 Å². The van der Waals surface area contributed by atoms with Crippen LogP contribution in [0.3, 0.4) is 0 Å². The number of aryl methyl sites for hydroxylation is 3. The molecule has 0 atom stereocenters. The number of halogens is 1. The molecule has 2 aromatic carbocycles. The van der Waals surface area contributed by atoms with Crippen LogP contribution in [0, 0.1) is 20.8 Å². The summed E-state index contributed by atoms with van der Waals surface area (Å²) >= 11 is 6.10. The van der Waals surface area contributed by atoms with Crippen molar-refractivity contribution < 1.29 is 9.21 Å². The molecule has 0 radical (unpaired) electrons. The van der Waals surface area contributed by atoms with E-state index >= 15 is 0 Å². The monoisotopic (exact) mass is 298 g/mol. The van der Waals surface area contributed by atoms with E-state index in [9.17, 15) is 4.79 Å². The van der Waals surface area contributed by atoms with Gasteiger partial charge >= 0.3 is 0 Å². The van der Waals surface area contributed by atoms with Gasteiger partial charge in [-0.3, -0.25) is 4.79 Å². The number of rotatable bonds is 2. The lowest BCUT2D eigenvalue weighted by Crippen LogP contribution is -2.05. The van der Waals surface area contributed by atoms with E-state index in [1.165, 1.54) is 0 Å². The summed E-state index contributed by atoms with van der Waals surface area (Å²) in [6.45, 7) is 5.92. The Morgan fingerprint density at radius 3 is 2.33 bits per heavy atom. The second-order valence-electron chi connectivity index (χ2n) is 5.37. The summed E-state index contributed by atoms with van der Waals surface area (Å²) in [4.78, 5) is 12.7. The number of fused-ring (bicyclic) bond motifs is 1. The molecule has 0 aliphatic heterocycles. The molecule has 106 valence electrons. The predicted octanol–water partition coefficient (Wildman–Crippen LogP) is 5.24. The van der Waals surface area contributed by atoms with Crippen LogP contribution in [-0.2, 0) is 0 Å². The van der Waals surface area contributed by atoms with E-state index < -0.39 is 0 Å². The van der Waals surface area contributed by atoms with Crippen LogP contribution in [0.4, 0.5) is 0 Å². The highest BCUT2D eigenvalue weighted by molar-refractivity contribution is 6.35. The molecule has 3 rings (SSSR count). The minimum absolute atomic E-state index is 0.0998. The lowest BCUT2D eigenvalue weighted by Gasteiger charge is -2.08. The first-order valence-electron chi connectivity index (χ1n) is 6.78. The van der Waals surface area contributed by atoms with Gasteiger partial charge in [-0.25, -0.2) is 0 Å². The Balaban J connectivity index is 2.15. The summed E-state index contributed by atoms with van der Waals surface area (Å²) in [5, 5.41) is 1.36. The highest BCUT2D eigenvalue weighted by Gasteiger charge is 2.19. The van der Waals surface area contributed by atoms with Crippen LogP contribution in [0.2, 0.25) is 5.02 Å². The molecule has 2 nitrogen and oxygen atoms in total. The summed E-state index contributed by atoms with van der Waals surface area (Å²) in [7, 11) is 0. The van der Waals surface area contributed by atoms with Crippen LogP contribution in [0.25, 0.3) is 11.0 Å². The van der Waals surface area contributed by atoms with Crippen LogP contribution in [-0.4, -0.2) is 5.78 Å². The summed E-state index contributed by atoms with van der Waals surface area (Å²) < 4.78 is 5.67. The topological polar surface area (TPSA) is 30.2 Å². The van der Waals surface area contributed by atoms with Gasteiger partial charge in [0.25, 0.3) is 0 Å². The fraction of sp³-hybridized carbons (Fsp3) is 0.167. The maximum absolute atomic E-state index is 12.7. The van der Waals surface area contributed by atoms with Gasteiger partial charge in [0.05, 0.1) is 5.02 Å². The number of benzene rings is 2. The summed E-state index contributed by atoms with van der Waals surface area (Å²) in [5.74, 6) is 0.227. The fourth-order valence-corrected chi connectivity index (χ4v) is 3.02. The Bertz CT molecular complexity index is 836. The third-order valence-electron chi connectivity index (χ3n) is 3.62. The van der Waals surface area contributed by atoms with E-state index in [0.29, 0.717) is 21.9 Å². The molecule has 0 aliphatic carbocycles. The Kier molecular flexibility index (Phi) is 3.34. The number of furan rings is 1. The Morgan fingerprint density at radius 2 is 1.71 bits per heavy atom. The van der Waals surface area contributed by atoms with Crippen LogP contribution in [0.1, 0.15) is 32.8 Å². The van der Waals surface area contributed by atoms with E-state index in [1.807, 2.05) is 45.0 Å². The van der Waals surface area contributed by atoms with Crippen molar-refractivity contribution in [1.82, 2.24) is 0 Å². The molecule has 0 spiro atoms. The maximum Gasteiger partial charge on any atom is 0.228 e. The zero-order valence-electron chi connectivity index (χ0n) is 12.2. The van der Waals surface area contributed by atoms with E-state index in [0.717, 1.165) is 22.1 Å². The van der Waals surface area contributed by atoms with Crippen molar-refractivity contribution in [2.75, 3.05) is 0 Å². The highest BCUT2D eigenvalue weighted by atomic mass is 35.5. The number of hydrogen-bond acceptors (Lipinski definition) is 2. The summed E-state index contributed by atoms with van der Waals surface area (Å²) in [6, 6.07) is 11.3. The second kappa shape index (κ2) is 5.05. The van der Waals surface area contributed by atoms with Crippen molar-refractivity contribution in [1.29, 1.82) is 0 Å². The first-order chi connectivity index (χ1) is 9.97. The number of carbonyl (C=O) groups is 1. The average Bonchev–Trinajstić information content (AvgIpc) is 2.82. The maximum atomic E-state index is 12.7. The SMILES string of the molecule is Cc1cc(C)c(C(=O)c2cc3cccc(Cl)c3o2)c(C)c1. The third-order valence-corrected chi connectivity index (χ3v) is 3.92. The summed E-state index contributed by atoms with van der Waals surface area (Å²) in [5.41, 5.74) is 4.34. The van der Waals surface area contributed by atoms with Gasteiger partial charge < -0.3 is 4.42 Å². The molecule has 0 amide bonds. The van der Waals surface area contributed by atoms with Gasteiger partial charge in [0.15, 0.2) is 11.3 Å². The molecule has 0 N–H and O–H groups in total. The van der Waals surface area contributed by atoms with E-state index in [2.05, 4.69) is 0 Å². The molecule has 1 aromatic heterocycles. The molecule has 0 fully saturated rings. The number of carbonyl (C=O) groups excluding carboxylic acids is 1. The minimum atomic E-state index is -0.0998.